The van der Waals surface area contributed by atoms with Crippen LogP contribution in [0.2, 0.25) is 0 Å². The van der Waals surface area contributed by atoms with Gasteiger partial charge in [-0.05, 0) is 42.3 Å². The largest absolute Gasteiger partial charge is 0.497 e. The van der Waals surface area contributed by atoms with Gasteiger partial charge >= 0.3 is 0 Å². The molecule has 8 nitrogen and oxygen atoms in total. The van der Waals surface area contributed by atoms with Gasteiger partial charge in [-0.2, -0.15) is 0 Å². The number of methoxy groups -OCH3 is 1. The summed E-state index contributed by atoms with van der Waals surface area (Å²) in [7, 11) is 3.43. The van der Waals surface area contributed by atoms with E-state index in [-0.39, 0.29) is 17.7 Å². The molecule has 8 heteroatoms. The summed E-state index contributed by atoms with van der Waals surface area (Å²) in [6.45, 7) is 4.74. The summed E-state index contributed by atoms with van der Waals surface area (Å²) in [5, 5.41) is 6.65. The van der Waals surface area contributed by atoms with E-state index in [0.29, 0.717) is 41.8 Å². The number of nitrogens with zero attached hydrogens (tertiary/aromatic N) is 1. The monoisotopic (exact) mass is 437 g/mol. The van der Waals surface area contributed by atoms with E-state index in [1.165, 1.54) is 0 Å². The summed E-state index contributed by atoms with van der Waals surface area (Å²) in [6.07, 6.45) is 0. The van der Waals surface area contributed by atoms with E-state index in [4.69, 9.17) is 14.2 Å². The molecule has 0 radical (unpaired) electrons. The molecule has 2 heterocycles. The number of aromatic nitrogens is 1. The lowest BCUT2D eigenvalue weighted by molar-refractivity contribution is -0.118. The highest BCUT2D eigenvalue weighted by Crippen LogP contribution is 2.32. The molecule has 168 valence electrons. The molecule has 4 rings (SSSR count). The molecule has 2 N–H and O–H groups in total. The van der Waals surface area contributed by atoms with Gasteiger partial charge in [0.1, 0.15) is 30.7 Å². The number of hydrogen-bond donors (Lipinski definition) is 2. The third-order valence-electron chi connectivity index (χ3n) is 5.53. The first-order valence-electron chi connectivity index (χ1n) is 10.5. The number of rotatable bonds is 6. The van der Waals surface area contributed by atoms with Crippen LogP contribution in [-0.4, -0.2) is 42.7 Å². The maximum atomic E-state index is 13.1. The van der Waals surface area contributed by atoms with Gasteiger partial charge in [-0.3, -0.25) is 9.59 Å². The minimum absolute atomic E-state index is 0.120. The van der Waals surface area contributed by atoms with Crippen LogP contribution in [-0.2, 0) is 11.8 Å². The van der Waals surface area contributed by atoms with E-state index >= 15 is 0 Å². The molecule has 0 saturated heterocycles. The molecule has 0 aliphatic carbocycles. The zero-order valence-electron chi connectivity index (χ0n) is 18.6. The van der Waals surface area contributed by atoms with Gasteiger partial charge < -0.3 is 29.4 Å². The Morgan fingerprint density at radius 3 is 2.50 bits per heavy atom. The number of carbonyl (C=O) groups excluding carboxylic acids is 2. The van der Waals surface area contributed by atoms with Crippen LogP contribution in [0.3, 0.4) is 0 Å². The Kier molecular flexibility index (Phi) is 5.94. The minimum atomic E-state index is -0.719. The predicted octanol–water partition coefficient (Wildman–Crippen LogP) is 3.35. The summed E-state index contributed by atoms with van der Waals surface area (Å²) in [5.41, 5.74) is 1.94. The van der Waals surface area contributed by atoms with E-state index < -0.39 is 6.04 Å². The van der Waals surface area contributed by atoms with Crippen LogP contribution in [0.25, 0.3) is 10.9 Å². The average molecular weight is 437 g/mol. The van der Waals surface area contributed by atoms with Crippen molar-refractivity contribution >= 4 is 28.4 Å². The fraction of sp³-hybridized carbons (Fsp3) is 0.333. The maximum Gasteiger partial charge on any atom is 0.268 e. The van der Waals surface area contributed by atoms with Gasteiger partial charge in [0.05, 0.1) is 7.11 Å². The van der Waals surface area contributed by atoms with Crippen LogP contribution in [0.4, 0.5) is 5.69 Å². The zero-order chi connectivity index (χ0) is 22.8. The number of aryl methyl sites for hydroxylation is 1. The average Bonchev–Trinajstić information content (AvgIpc) is 3.12. The van der Waals surface area contributed by atoms with Crippen molar-refractivity contribution in [1.29, 1.82) is 0 Å². The Hall–Kier alpha value is -3.68. The Bertz CT molecular complexity index is 1170. The molecule has 32 heavy (non-hydrogen) atoms. The lowest BCUT2D eigenvalue weighted by atomic mass is 10.0. The molecule has 1 aliphatic heterocycles. The molecule has 0 saturated carbocycles. The second kappa shape index (κ2) is 8.82. The minimum Gasteiger partial charge on any atom is -0.497 e. The van der Waals surface area contributed by atoms with Gasteiger partial charge in [0.2, 0.25) is 5.91 Å². The molecule has 3 aromatic rings. The Labute approximate surface area is 186 Å². The van der Waals surface area contributed by atoms with Crippen molar-refractivity contribution in [3.63, 3.8) is 0 Å². The van der Waals surface area contributed by atoms with Crippen molar-refractivity contribution in [3.8, 4) is 17.2 Å². The van der Waals surface area contributed by atoms with E-state index in [9.17, 15) is 9.59 Å². The van der Waals surface area contributed by atoms with E-state index in [1.54, 1.807) is 35.9 Å². The smallest absolute Gasteiger partial charge is 0.268 e. The molecule has 1 aromatic heterocycles. The summed E-state index contributed by atoms with van der Waals surface area (Å²) >= 11 is 0. The molecule has 0 spiro atoms. The van der Waals surface area contributed by atoms with Gasteiger partial charge in [-0.25, -0.2) is 0 Å². The van der Waals surface area contributed by atoms with Crippen LogP contribution in [0.5, 0.6) is 17.2 Å². The summed E-state index contributed by atoms with van der Waals surface area (Å²) < 4.78 is 18.2. The molecular weight excluding hydrogens is 410 g/mol. The van der Waals surface area contributed by atoms with Gasteiger partial charge in [0.15, 0.2) is 11.5 Å². The number of nitrogens with one attached hydrogen (secondary N) is 2. The second-order valence-electron chi connectivity index (χ2n) is 8.06. The number of hydrogen-bond acceptors (Lipinski definition) is 5. The number of anilines is 1. The standard InChI is InChI=1S/C24H27N3O5/c1-14(2)22(24(29)25-16-5-8-20-21(13-16)32-10-9-31-20)26-23(28)19-12-15-11-17(30-4)6-7-18(15)27(19)3/h5-8,11-14,22H,9-10H2,1-4H3,(H,25,29)(H,26,28)/t22-/m0/s1. The third-order valence-corrected chi connectivity index (χ3v) is 5.53. The molecule has 0 bridgehead atoms. The van der Waals surface area contributed by atoms with Crippen molar-refractivity contribution in [2.45, 2.75) is 19.9 Å². The number of ether oxygens (including phenoxy) is 3. The third kappa shape index (κ3) is 4.21. The van der Waals surface area contributed by atoms with Gasteiger partial charge in [-0.15, -0.1) is 0 Å². The van der Waals surface area contributed by atoms with Gasteiger partial charge in [0, 0.05) is 29.7 Å². The highest BCUT2D eigenvalue weighted by atomic mass is 16.6. The van der Waals surface area contributed by atoms with Crippen LogP contribution in [0.1, 0.15) is 24.3 Å². The Morgan fingerprint density at radius 2 is 1.78 bits per heavy atom. The van der Waals surface area contributed by atoms with Crippen LogP contribution in [0, 0.1) is 5.92 Å². The quantitative estimate of drug-likeness (QED) is 0.617. The van der Waals surface area contributed by atoms with Crippen molar-refractivity contribution < 1.29 is 23.8 Å². The Morgan fingerprint density at radius 1 is 1.03 bits per heavy atom. The SMILES string of the molecule is COc1ccc2c(c1)cc(C(=O)N[C@H](C(=O)Nc1ccc3c(c1)OCCO3)C(C)C)n2C. The fourth-order valence-corrected chi connectivity index (χ4v) is 3.76. The molecule has 2 aromatic carbocycles. The van der Waals surface area contributed by atoms with Gasteiger partial charge in [-0.1, -0.05) is 13.8 Å². The lowest BCUT2D eigenvalue weighted by Gasteiger charge is -2.23. The topological polar surface area (TPSA) is 90.8 Å². The highest BCUT2D eigenvalue weighted by Gasteiger charge is 2.26. The second-order valence-corrected chi connectivity index (χ2v) is 8.06. The van der Waals surface area contributed by atoms with Crippen molar-refractivity contribution in [1.82, 2.24) is 9.88 Å². The molecule has 0 fully saturated rings. The van der Waals surface area contributed by atoms with E-state index in [0.717, 1.165) is 10.9 Å². The van der Waals surface area contributed by atoms with Crippen LogP contribution >= 0.6 is 0 Å². The molecular formula is C24H27N3O5. The van der Waals surface area contributed by atoms with Crippen molar-refractivity contribution in [3.05, 3.63) is 48.2 Å². The van der Waals surface area contributed by atoms with Crippen molar-refractivity contribution in [2.75, 3.05) is 25.6 Å². The Balaban J connectivity index is 1.52. The summed E-state index contributed by atoms with van der Waals surface area (Å²) in [4.78, 5) is 26.1. The van der Waals surface area contributed by atoms with Gasteiger partial charge in [0.25, 0.3) is 5.91 Å². The first-order chi connectivity index (χ1) is 15.4. The zero-order valence-corrected chi connectivity index (χ0v) is 18.6. The summed E-state index contributed by atoms with van der Waals surface area (Å²) in [5.74, 6) is 1.21. The normalized spacial score (nSPS) is 13.7. The fourth-order valence-electron chi connectivity index (χ4n) is 3.76. The first-order valence-corrected chi connectivity index (χ1v) is 10.5. The molecule has 1 atom stereocenters. The molecule has 0 unspecified atom stereocenters. The predicted molar refractivity (Wildman–Crippen MR) is 122 cm³/mol. The van der Waals surface area contributed by atoms with E-state index in [2.05, 4.69) is 10.6 Å². The lowest BCUT2D eigenvalue weighted by Crippen LogP contribution is -2.47. The highest BCUT2D eigenvalue weighted by molar-refractivity contribution is 6.03. The number of carbonyl (C=O) groups is 2. The number of fused-ring (bicyclic) bond motifs is 2. The van der Waals surface area contributed by atoms with E-state index in [1.807, 2.05) is 39.1 Å². The molecule has 2 amide bonds. The van der Waals surface area contributed by atoms with Crippen LogP contribution in [0.15, 0.2) is 42.5 Å². The maximum absolute atomic E-state index is 13.1. The molecule has 1 aliphatic rings. The first kappa shape index (κ1) is 21.5. The van der Waals surface area contributed by atoms with Crippen molar-refractivity contribution in [2.24, 2.45) is 13.0 Å². The number of amides is 2. The number of benzene rings is 2. The van der Waals surface area contributed by atoms with Crippen LogP contribution < -0.4 is 24.8 Å². The summed E-state index contributed by atoms with van der Waals surface area (Å²) in [6, 6.07) is 11.9.